The molecule has 7 nitrogen and oxygen atoms in total. The Morgan fingerprint density at radius 1 is 1.32 bits per heavy atom. The normalized spacial score (nSPS) is 13.6. The maximum absolute atomic E-state index is 9.81. The van der Waals surface area contributed by atoms with Crippen molar-refractivity contribution in [1.29, 1.82) is 0 Å². The number of nitrogens with two attached hydrogens (primary N) is 1. The van der Waals surface area contributed by atoms with Crippen molar-refractivity contribution in [3.05, 3.63) is 29.0 Å². The molecule has 0 aromatic carbocycles. The Kier molecular flexibility index (Phi) is 6.92. The van der Waals surface area contributed by atoms with Gasteiger partial charge < -0.3 is 15.7 Å². The number of anilines is 2. The number of fused-ring (bicyclic) bond motifs is 1. The number of nitrogens with zero attached hydrogens (tertiary/aromatic N) is 5. The smallest absolute Gasteiger partial charge is 0.192 e. The Labute approximate surface area is 177 Å². The van der Waals surface area contributed by atoms with Gasteiger partial charge in [-0.1, -0.05) is 54.1 Å². The number of aromatic nitrogens is 4. The molecule has 0 fully saturated rings. The van der Waals surface area contributed by atoms with Crippen LogP contribution in [-0.4, -0.2) is 44.7 Å². The summed E-state index contributed by atoms with van der Waals surface area (Å²) < 4.78 is 0.833. The van der Waals surface area contributed by atoms with Gasteiger partial charge in [0.1, 0.15) is 9.85 Å². The lowest BCUT2D eigenvalue weighted by atomic mass is 10.1. The summed E-state index contributed by atoms with van der Waals surface area (Å²) in [7, 11) is 1.94. The molecule has 0 aliphatic heterocycles. The fraction of sp³-hybridized carbons (Fsp3) is 0.444. The first-order chi connectivity index (χ1) is 13.4. The zero-order valence-electron chi connectivity index (χ0n) is 16.0. The summed E-state index contributed by atoms with van der Waals surface area (Å²) in [5.74, 6) is 0.746. The quantitative estimate of drug-likeness (QED) is 0.307. The van der Waals surface area contributed by atoms with Crippen LogP contribution in [0.25, 0.3) is 10.3 Å². The van der Waals surface area contributed by atoms with Crippen LogP contribution in [0, 0.1) is 0 Å². The minimum Gasteiger partial charge on any atom is -0.394 e. The molecule has 28 heavy (non-hydrogen) atoms. The average molecular weight is 439 g/mol. The fourth-order valence-electron chi connectivity index (χ4n) is 2.87. The van der Waals surface area contributed by atoms with E-state index in [4.69, 9.17) is 22.3 Å². The fourth-order valence-corrected chi connectivity index (χ4v) is 4.65. The molecule has 3 aromatic heterocycles. The summed E-state index contributed by atoms with van der Waals surface area (Å²) in [6, 6.07) is 3.69. The van der Waals surface area contributed by atoms with E-state index in [-0.39, 0.29) is 17.9 Å². The van der Waals surface area contributed by atoms with Gasteiger partial charge in [0, 0.05) is 18.5 Å². The van der Waals surface area contributed by atoms with E-state index < -0.39 is 0 Å². The Balaban J connectivity index is 1.96. The van der Waals surface area contributed by atoms with Crippen LogP contribution in [0.1, 0.15) is 37.5 Å². The van der Waals surface area contributed by atoms with Crippen molar-refractivity contribution in [2.24, 2.45) is 0 Å². The van der Waals surface area contributed by atoms with Gasteiger partial charge in [-0.3, -0.25) is 0 Å². The van der Waals surface area contributed by atoms with E-state index in [1.165, 1.54) is 23.1 Å². The monoisotopic (exact) mass is 438 g/mol. The highest BCUT2D eigenvalue weighted by atomic mass is 35.5. The third kappa shape index (κ3) is 4.65. The molecule has 0 aliphatic carbocycles. The molecule has 3 aromatic rings. The first kappa shape index (κ1) is 21.0. The van der Waals surface area contributed by atoms with Crippen molar-refractivity contribution in [3.8, 4) is 0 Å². The van der Waals surface area contributed by atoms with E-state index in [2.05, 4.69) is 28.8 Å². The lowest BCUT2D eigenvalue weighted by Gasteiger charge is -2.27. The molecule has 0 amide bonds. The van der Waals surface area contributed by atoms with Crippen LogP contribution in [0.5, 0.6) is 0 Å². The van der Waals surface area contributed by atoms with Gasteiger partial charge in [-0.2, -0.15) is 0 Å². The molecule has 0 unspecified atom stereocenters. The van der Waals surface area contributed by atoms with Crippen LogP contribution in [0.2, 0.25) is 5.15 Å². The molecule has 3 rings (SSSR count). The van der Waals surface area contributed by atoms with Gasteiger partial charge in [0.05, 0.1) is 12.6 Å². The van der Waals surface area contributed by atoms with Crippen molar-refractivity contribution < 1.29 is 5.11 Å². The summed E-state index contributed by atoms with van der Waals surface area (Å²) in [5, 5.41) is 11.4. The Hall–Kier alpha value is -1.68. The number of aliphatic hydroxyl groups is 1. The van der Waals surface area contributed by atoms with E-state index in [1.807, 2.05) is 18.0 Å². The highest BCUT2D eigenvalue weighted by Gasteiger charge is 2.22. The standard InChI is InChI=1S/C18H23ClN6OS2/c1-4-5-12(9-26)25(3)16-14-15(22-17(20)28-14)23-18(24-16)27-10(2)11-6-7-13(19)21-8-11/h6-8,10,12,26H,4-5,9H2,1-3H3,(H2,20,22,23,24)/t10-,12+/m0/s1. The van der Waals surface area contributed by atoms with Crippen LogP contribution < -0.4 is 10.6 Å². The zero-order valence-corrected chi connectivity index (χ0v) is 18.4. The number of hydrogen-bond donors (Lipinski definition) is 2. The van der Waals surface area contributed by atoms with Gasteiger partial charge in [-0.05, 0) is 25.0 Å². The van der Waals surface area contributed by atoms with Gasteiger partial charge in [0.2, 0.25) is 0 Å². The molecule has 0 spiro atoms. The Morgan fingerprint density at radius 3 is 2.75 bits per heavy atom. The van der Waals surface area contributed by atoms with Crippen molar-refractivity contribution in [1.82, 2.24) is 19.9 Å². The second kappa shape index (κ2) is 9.21. The average Bonchev–Trinajstić information content (AvgIpc) is 3.05. The molecule has 0 saturated heterocycles. The topological polar surface area (TPSA) is 101 Å². The second-order valence-electron chi connectivity index (χ2n) is 6.44. The van der Waals surface area contributed by atoms with Crippen LogP contribution in [0.4, 0.5) is 10.9 Å². The van der Waals surface area contributed by atoms with Crippen molar-refractivity contribution in [3.63, 3.8) is 0 Å². The lowest BCUT2D eigenvalue weighted by Crippen LogP contribution is -2.35. The van der Waals surface area contributed by atoms with Gasteiger partial charge in [0.25, 0.3) is 0 Å². The number of aliphatic hydroxyl groups excluding tert-OH is 1. The summed E-state index contributed by atoms with van der Waals surface area (Å²) in [5.41, 5.74) is 7.54. The molecule has 0 radical (unpaired) electrons. The van der Waals surface area contributed by atoms with Gasteiger partial charge in [-0.25, -0.2) is 19.9 Å². The summed E-state index contributed by atoms with van der Waals surface area (Å²) in [6.45, 7) is 4.22. The van der Waals surface area contributed by atoms with Crippen molar-refractivity contribution in [2.45, 2.75) is 43.1 Å². The first-order valence-corrected chi connectivity index (χ1v) is 11.1. The maximum Gasteiger partial charge on any atom is 0.192 e. The highest BCUT2D eigenvalue weighted by Crippen LogP contribution is 2.37. The number of thioether (sulfide) groups is 1. The van der Waals surface area contributed by atoms with Crippen LogP contribution >= 0.6 is 34.7 Å². The van der Waals surface area contributed by atoms with E-state index in [1.54, 1.807) is 12.3 Å². The molecule has 2 atom stereocenters. The predicted molar refractivity (Wildman–Crippen MR) is 117 cm³/mol. The Morgan fingerprint density at radius 2 is 2.11 bits per heavy atom. The first-order valence-electron chi connectivity index (χ1n) is 8.98. The molecule has 150 valence electrons. The molecule has 3 heterocycles. The van der Waals surface area contributed by atoms with E-state index in [0.717, 1.165) is 28.9 Å². The summed E-state index contributed by atoms with van der Waals surface area (Å²) in [6.07, 6.45) is 3.59. The van der Waals surface area contributed by atoms with Gasteiger partial charge in [0.15, 0.2) is 21.8 Å². The van der Waals surface area contributed by atoms with E-state index >= 15 is 0 Å². The Bertz CT molecular complexity index is 936. The number of rotatable bonds is 8. The maximum atomic E-state index is 9.81. The summed E-state index contributed by atoms with van der Waals surface area (Å²) >= 11 is 8.76. The highest BCUT2D eigenvalue weighted by molar-refractivity contribution is 7.99. The third-order valence-electron chi connectivity index (χ3n) is 4.45. The number of pyridine rings is 1. The van der Waals surface area contributed by atoms with Crippen molar-refractivity contribution in [2.75, 3.05) is 24.3 Å². The minimum atomic E-state index is -0.0258. The van der Waals surface area contributed by atoms with E-state index in [0.29, 0.717) is 21.1 Å². The molecular weight excluding hydrogens is 416 g/mol. The van der Waals surface area contributed by atoms with Crippen LogP contribution in [-0.2, 0) is 0 Å². The molecular formula is C18H23ClN6OS2. The van der Waals surface area contributed by atoms with Gasteiger partial charge >= 0.3 is 0 Å². The number of likely N-dealkylation sites (N-methyl/N-ethyl adjacent to an activating group) is 1. The number of thiazole rings is 1. The number of halogens is 1. The third-order valence-corrected chi connectivity index (χ3v) is 6.56. The van der Waals surface area contributed by atoms with Crippen LogP contribution in [0.15, 0.2) is 23.5 Å². The lowest BCUT2D eigenvalue weighted by molar-refractivity contribution is 0.255. The predicted octanol–water partition coefficient (Wildman–Crippen LogP) is 4.17. The van der Waals surface area contributed by atoms with Gasteiger partial charge in [-0.15, -0.1) is 0 Å². The molecule has 3 N–H and O–H groups in total. The van der Waals surface area contributed by atoms with E-state index in [9.17, 15) is 5.11 Å². The largest absolute Gasteiger partial charge is 0.394 e. The molecule has 0 saturated carbocycles. The number of nitrogen functional groups attached to an aromatic ring is 1. The molecule has 0 aliphatic rings. The molecule has 10 heteroatoms. The molecule has 0 bridgehead atoms. The van der Waals surface area contributed by atoms with Crippen LogP contribution in [0.3, 0.4) is 0 Å². The SMILES string of the molecule is CCC[C@H](CO)N(C)c1nc(S[C@@H](C)c2ccc(Cl)nc2)nc2nc(N)sc12. The second-order valence-corrected chi connectivity index (χ2v) is 9.17. The van der Waals surface area contributed by atoms with Crippen molar-refractivity contribution >= 4 is 56.0 Å². The number of hydrogen-bond acceptors (Lipinski definition) is 9. The minimum absolute atomic E-state index is 0.0258. The zero-order chi connectivity index (χ0) is 20.3. The summed E-state index contributed by atoms with van der Waals surface area (Å²) in [4.78, 5) is 19.9.